The topological polar surface area (TPSA) is 21.3 Å². The largest absolute Gasteiger partial charge is 0.490 e. The molecule has 1 aliphatic carbocycles. The predicted molar refractivity (Wildman–Crippen MR) is 89.9 cm³/mol. The molecule has 1 aromatic carbocycles. The molecular weight excluding hydrogens is 258 g/mol. The van der Waals surface area contributed by atoms with Crippen LogP contribution in [-0.2, 0) is 0 Å². The van der Waals surface area contributed by atoms with E-state index in [2.05, 4.69) is 51.2 Å². The van der Waals surface area contributed by atoms with E-state index in [9.17, 15) is 0 Å². The van der Waals surface area contributed by atoms with E-state index in [1.807, 2.05) is 0 Å². The first kappa shape index (κ1) is 16.4. The van der Waals surface area contributed by atoms with Crippen LogP contribution in [0.2, 0.25) is 0 Å². The van der Waals surface area contributed by atoms with Gasteiger partial charge in [-0.05, 0) is 58.1 Å². The van der Waals surface area contributed by atoms with Gasteiger partial charge in [0.05, 0.1) is 0 Å². The summed E-state index contributed by atoms with van der Waals surface area (Å²) in [4.78, 5) is 0. The second-order valence-electron chi connectivity index (χ2n) is 6.43. The molecule has 0 heterocycles. The summed E-state index contributed by atoms with van der Waals surface area (Å²) in [5.41, 5.74) is 2.61. The Hall–Kier alpha value is -1.02. The number of benzene rings is 1. The third-order valence-electron chi connectivity index (χ3n) is 4.78. The summed E-state index contributed by atoms with van der Waals surface area (Å²) in [6.07, 6.45) is 6.85. The van der Waals surface area contributed by atoms with Crippen molar-refractivity contribution in [3.8, 4) is 5.75 Å². The van der Waals surface area contributed by atoms with Crippen LogP contribution in [0.5, 0.6) is 5.75 Å². The smallest absolute Gasteiger partial charge is 0.124 e. The maximum absolute atomic E-state index is 6.47. The Kier molecular flexibility index (Phi) is 6.10. The first-order chi connectivity index (χ1) is 10.2. The Morgan fingerprint density at radius 3 is 2.71 bits per heavy atom. The lowest BCUT2D eigenvalue weighted by Gasteiger charge is -2.32. The monoisotopic (exact) mass is 289 g/mol. The van der Waals surface area contributed by atoms with Crippen molar-refractivity contribution >= 4 is 0 Å². The van der Waals surface area contributed by atoms with E-state index in [1.54, 1.807) is 0 Å². The number of ether oxygens (including phenoxy) is 1. The fourth-order valence-corrected chi connectivity index (χ4v) is 3.49. The van der Waals surface area contributed by atoms with Gasteiger partial charge in [-0.15, -0.1) is 0 Å². The zero-order valence-electron chi connectivity index (χ0n) is 14.1. The fourth-order valence-electron chi connectivity index (χ4n) is 3.49. The van der Waals surface area contributed by atoms with E-state index in [4.69, 9.17) is 4.74 Å². The lowest BCUT2D eigenvalue weighted by atomic mass is 9.84. The molecule has 2 rings (SSSR count). The molecule has 3 unspecified atom stereocenters. The van der Waals surface area contributed by atoms with Crippen molar-refractivity contribution < 1.29 is 4.74 Å². The van der Waals surface area contributed by atoms with Gasteiger partial charge in [-0.3, -0.25) is 0 Å². The number of nitrogens with one attached hydrogen (secondary N) is 1. The molecule has 1 aromatic rings. The van der Waals surface area contributed by atoms with Gasteiger partial charge in [-0.1, -0.05) is 38.0 Å². The third-order valence-corrected chi connectivity index (χ3v) is 4.78. The third kappa shape index (κ3) is 4.23. The highest BCUT2D eigenvalue weighted by Crippen LogP contribution is 2.33. The second-order valence-corrected chi connectivity index (χ2v) is 6.43. The SMILES string of the molecule is CCNC(C)c1cc(C)ccc1OC1CCCCC1CC. The van der Waals surface area contributed by atoms with Gasteiger partial charge in [0.25, 0.3) is 0 Å². The molecule has 0 spiro atoms. The van der Waals surface area contributed by atoms with E-state index < -0.39 is 0 Å². The summed E-state index contributed by atoms with van der Waals surface area (Å²) in [5, 5.41) is 3.51. The Bertz CT molecular complexity index is 443. The van der Waals surface area contributed by atoms with E-state index in [0.717, 1.165) is 18.2 Å². The molecule has 21 heavy (non-hydrogen) atoms. The molecule has 118 valence electrons. The minimum Gasteiger partial charge on any atom is -0.490 e. The summed E-state index contributed by atoms with van der Waals surface area (Å²) < 4.78 is 6.47. The molecule has 2 nitrogen and oxygen atoms in total. The summed E-state index contributed by atoms with van der Waals surface area (Å²) in [6.45, 7) is 9.81. The highest BCUT2D eigenvalue weighted by Gasteiger charge is 2.26. The number of hydrogen-bond donors (Lipinski definition) is 1. The van der Waals surface area contributed by atoms with Crippen LogP contribution in [0.15, 0.2) is 18.2 Å². The summed E-state index contributed by atoms with van der Waals surface area (Å²) in [6, 6.07) is 6.95. The fraction of sp³-hybridized carbons (Fsp3) is 0.684. The van der Waals surface area contributed by atoms with Gasteiger partial charge in [0.15, 0.2) is 0 Å². The van der Waals surface area contributed by atoms with Crippen LogP contribution in [-0.4, -0.2) is 12.6 Å². The van der Waals surface area contributed by atoms with Crippen LogP contribution in [0.4, 0.5) is 0 Å². The number of aryl methyl sites for hydroxylation is 1. The highest BCUT2D eigenvalue weighted by atomic mass is 16.5. The zero-order valence-corrected chi connectivity index (χ0v) is 14.1. The van der Waals surface area contributed by atoms with E-state index in [0.29, 0.717) is 12.1 Å². The lowest BCUT2D eigenvalue weighted by molar-refractivity contribution is 0.0889. The van der Waals surface area contributed by atoms with Gasteiger partial charge in [-0.25, -0.2) is 0 Å². The van der Waals surface area contributed by atoms with Crippen molar-refractivity contribution in [2.45, 2.75) is 71.9 Å². The minimum absolute atomic E-state index is 0.341. The van der Waals surface area contributed by atoms with E-state index >= 15 is 0 Å². The average Bonchev–Trinajstić information content (AvgIpc) is 2.49. The van der Waals surface area contributed by atoms with Crippen LogP contribution in [0, 0.1) is 12.8 Å². The van der Waals surface area contributed by atoms with Crippen LogP contribution in [0.3, 0.4) is 0 Å². The molecule has 0 amide bonds. The Labute approximate surface area is 130 Å². The Morgan fingerprint density at radius 2 is 2.00 bits per heavy atom. The predicted octanol–water partition coefficient (Wildman–Crippen LogP) is 5.01. The van der Waals surface area contributed by atoms with Gasteiger partial charge in [0, 0.05) is 11.6 Å². The average molecular weight is 289 g/mol. The number of rotatable bonds is 6. The van der Waals surface area contributed by atoms with E-state index in [-0.39, 0.29) is 0 Å². The maximum atomic E-state index is 6.47. The molecule has 1 saturated carbocycles. The zero-order chi connectivity index (χ0) is 15.2. The minimum atomic E-state index is 0.341. The molecule has 0 saturated heterocycles. The van der Waals surface area contributed by atoms with Crippen molar-refractivity contribution in [1.82, 2.24) is 5.32 Å². The van der Waals surface area contributed by atoms with Crippen LogP contribution in [0.1, 0.15) is 70.0 Å². The first-order valence-electron chi connectivity index (χ1n) is 8.66. The summed E-state index contributed by atoms with van der Waals surface area (Å²) in [5.74, 6) is 1.81. The van der Waals surface area contributed by atoms with Gasteiger partial charge in [0.2, 0.25) is 0 Å². The molecule has 1 N–H and O–H groups in total. The molecule has 2 heteroatoms. The van der Waals surface area contributed by atoms with Gasteiger partial charge >= 0.3 is 0 Å². The molecular formula is C19H31NO. The van der Waals surface area contributed by atoms with Crippen LogP contribution in [0.25, 0.3) is 0 Å². The van der Waals surface area contributed by atoms with Gasteiger partial charge in [0.1, 0.15) is 11.9 Å². The van der Waals surface area contributed by atoms with E-state index in [1.165, 1.54) is 43.2 Å². The van der Waals surface area contributed by atoms with Crippen molar-refractivity contribution in [3.63, 3.8) is 0 Å². The molecule has 1 fully saturated rings. The molecule has 3 atom stereocenters. The highest BCUT2D eigenvalue weighted by molar-refractivity contribution is 5.39. The van der Waals surface area contributed by atoms with Gasteiger partial charge in [-0.2, -0.15) is 0 Å². The summed E-state index contributed by atoms with van der Waals surface area (Å²) in [7, 11) is 0. The maximum Gasteiger partial charge on any atom is 0.124 e. The first-order valence-corrected chi connectivity index (χ1v) is 8.66. The molecule has 0 radical (unpaired) electrons. The Balaban J connectivity index is 2.18. The van der Waals surface area contributed by atoms with Crippen LogP contribution >= 0.6 is 0 Å². The second kappa shape index (κ2) is 7.84. The summed E-state index contributed by atoms with van der Waals surface area (Å²) >= 11 is 0. The van der Waals surface area contributed by atoms with Crippen molar-refractivity contribution in [3.05, 3.63) is 29.3 Å². The molecule has 1 aliphatic rings. The van der Waals surface area contributed by atoms with Crippen molar-refractivity contribution in [2.75, 3.05) is 6.54 Å². The number of hydrogen-bond acceptors (Lipinski definition) is 2. The standard InChI is InChI=1S/C19H31NO/c1-5-16-9-7-8-10-18(16)21-19-12-11-14(3)13-17(19)15(4)20-6-2/h11-13,15-16,18,20H,5-10H2,1-4H3. The van der Waals surface area contributed by atoms with Crippen LogP contribution < -0.4 is 10.1 Å². The normalized spacial score (nSPS) is 23.8. The van der Waals surface area contributed by atoms with Crippen molar-refractivity contribution in [1.29, 1.82) is 0 Å². The molecule has 0 aromatic heterocycles. The Morgan fingerprint density at radius 1 is 1.24 bits per heavy atom. The molecule has 0 bridgehead atoms. The van der Waals surface area contributed by atoms with Crippen molar-refractivity contribution in [2.24, 2.45) is 5.92 Å². The lowest BCUT2D eigenvalue weighted by Crippen LogP contribution is -2.30. The molecule has 0 aliphatic heterocycles. The van der Waals surface area contributed by atoms with Gasteiger partial charge < -0.3 is 10.1 Å². The quantitative estimate of drug-likeness (QED) is 0.794.